The molecule has 1 fully saturated rings. The van der Waals surface area contributed by atoms with Crippen LogP contribution in [0.2, 0.25) is 15.1 Å². The van der Waals surface area contributed by atoms with Crippen molar-refractivity contribution in [3.8, 4) is 11.3 Å². The van der Waals surface area contributed by atoms with Gasteiger partial charge in [0.05, 0.1) is 39.7 Å². The molecule has 32 heavy (non-hydrogen) atoms. The van der Waals surface area contributed by atoms with Crippen molar-refractivity contribution in [1.29, 1.82) is 0 Å². The second-order valence-corrected chi connectivity index (χ2v) is 8.57. The van der Waals surface area contributed by atoms with Gasteiger partial charge in [0.25, 0.3) is 5.91 Å². The Morgan fingerprint density at radius 2 is 1.75 bits per heavy atom. The van der Waals surface area contributed by atoms with Gasteiger partial charge in [-0.3, -0.25) is 10.1 Å². The number of para-hydroxylation sites is 1. The Bertz CT molecular complexity index is 1160. The van der Waals surface area contributed by atoms with Crippen LogP contribution >= 0.6 is 47.0 Å². The van der Waals surface area contributed by atoms with Crippen LogP contribution in [0.4, 0.5) is 11.4 Å². The summed E-state index contributed by atoms with van der Waals surface area (Å²) in [4.78, 5) is 14.8. The van der Waals surface area contributed by atoms with E-state index in [9.17, 15) is 4.79 Å². The Balaban J connectivity index is 1.45. The fourth-order valence-electron chi connectivity index (χ4n) is 3.31. The molecule has 4 rings (SSSR count). The number of anilines is 2. The molecule has 2 N–H and O–H groups in total. The standard InChI is InChI=1S/C22H18Cl3N3O3S/c23-14-5-4-13(12-16(14)25)18-6-7-19(31-18)21(29)27-22(32)26-17-3-1-2-15(24)20(17)28-8-10-30-11-9-28/h1-7,12H,8-11H2,(H2,26,27,29,32). The zero-order valence-corrected chi connectivity index (χ0v) is 19.7. The van der Waals surface area contributed by atoms with Crippen LogP contribution in [0, 0.1) is 0 Å². The number of carbonyl (C=O) groups is 1. The van der Waals surface area contributed by atoms with Gasteiger partial charge < -0.3 is 19.4 Å². The van der Waals surface area contributed by atoms with Gasteiger partial charge in [-0.2, -0.15) is 0 Å². The van der Waals surface area contributed by atoms with E-state index in [-0.39, 0.29) is 10.9 Å². The largest absolute Gasteiger partial charge is 0.451 e. The fraction of sp³-hybridized carbons (Fsp3) is 0.182. The summed E-state index contributed by atoms with van der Waals surface area (Å²) in [6, 6.07) is 13.8. The number of ether oxygens (including phenoxy) is 1. The molecule has 1 aliphatic heterocycles. The van der Waals surface area contributed by atoms with Crippen molar-refractivity contribution < 1.29 is 13.9 Å². The summed E-state index contributed by atoms with van der Waals surface area (Å²) in [5.41, 5.74) is 2.21. The molecule has 0 aliphatic carbocycles. The fourth-order valence-corrected chi connectivity index (χ4v) is 4.10. The molecule has 1 aliphatic rings. The first-order valence-corrected chi connectivity index (χ1v) is 11.3. The summed E-state index contributed by atoms with van der Waals surface area (Å²) in [6.07, 6.45) is 0. The Morgan fingerprint density at radius 3 is 2.50 bits per heavy atom. The Hall–Kier alpha value is -2.29. The van der Waals surface area contributed by atoms with Gasteiger partial charge in [0.2, 0.25) is 0 Å². The van der Waals surface area contributed by atoms with Gasteiger partial charge in [-0.1, -0.05) is 40.9 Å². The number of carbonyl (C=O) groups excluding carboxylic acids is 1. The van der Waals surface area contributed by atoms with E-state index in [1.54, 1.807) is 30.3 Å². The van der Waals surface area contributed by atoms with Gasteiger partial charge in [0.15, 0.2) is 10.9 Å². The molecule has 0 bridgehead atoms. The van der Waals surface area contributed by atoms with Gasteiger partial charge in [-0.15, -0.1) is 0 Å². The predicted molar refractivity (Wildman–Crippen MR) is 132 cm³/mol. The van der Waals surface area contributed by atoms with Gasteiger partial charge in [-0.05, 0) is 54.7 Å². The van der Waals surface area contributed by atoms with E-state index >= 15 is 0 Å². The zero-order chi connectivity index (χ0) is 22.7. The monoisotopic (exact) mass is 509 g/mol. The number of nitrogens with zero attached hydrogens (tertiary/aromatic N) is 1. The topological polar surface area (TPSA) is 66.7 Å². The minimum atomic E-state index is -0.483. The van der Waals surface area contributed by atoms with Crippen molar-refractivity contribution >= 4 is 69.4 Å². The maximum atomic E-state index is 12.6. The number of hydrogen-bond acceptors (Lipinski definition) is 5. The van der Waals surface area contributed by atoms with Crippen molar-refractivity contribution in [2.24, 2.45) is 0 Å². The number of thiocarbonyl (C=S) groups is 1. The Morgan fingerprint density at radius 1 is 0.969 bits per heavy atom. The molecular weight excluding hydrogens is 493 g/mol. The highest BCUT2D eigenvalue weighted by molar-refractivity contribution is 7.80. The van der Waals surface area contributed by atoms with Crippen LogP contribution in [0.1, 0.15) is 10.6 Å². The van der Waals surface area contributed by atoms with Crippen LogP contribution in [0.3, 0.4) is 0 Å². The van der Waals surface area contributed by atoms with Crippen molar-refractivity contribution in [3.63, 3.8) is 0 Å². The second kappa shape index (κ2) is 10.1. The van der Waals surface area contributed by atoms with Crippen molar-refractivity contribution in [2.75, 3.05) is 36.5 Å². The molecule has 0 radical (unpaired) electrons. The summed E-state index contributed by atoms with van der Waals surface area (Å²) in [6.45, 7) is 2.65. The SMILES string of the molecule is O=C(NC(=S)Nc1cccc(Cl)c1N1CCOCC1)c1ccc(-c2ccc(Cl)c(Cl)c2)o1. The van der Waals surface area contributed by atoms with Crippen molar-refractivity contribution in [3.05, 3.63) is 69.4 Å². The number of halogens is 3. The number of nitrogens with one attached hydrogen (secondary N) is 2. The molecule has 10 heteroatoms. The number of furan rings is 1. The maximum absolute atomic E-state index is 12.6. The minimum absolute atomic E-state index is 0.106. The van der Waals surface area contributed by atoms with Crippen LogP contribution in [0.15, 0.2) is 52.9 Å². The molecule has 1 aromatic heterocycles. The number of morpholine rings is 1. The lowest BCUT2D eigenvalue weighted by atomic mass is 10.2. The van der Waals surface area contributed by atoms with Crippen LogP contribution < -0.4 is 15.5 Å². The molecular formula is C22H18Cl3N3O3S. The summed E-state index contributed by atoms with van der Waals surface area (Å²) < 4.78 is 11.1. The first-order chi connectivity index (χ1) is 15.4. The molecule has 1 saturated heterocycles. The third-order valence-corrected chi connectivity index (χ3v) is 6.07. The highest BCUT2D eigenvalue weighted by Crippen LogP contribution is 2.34. The van der Waals surface area contributed by atoms with E-state index in [4.69, 9.17) is 56.2 Å². The highest BCUT2D eigenvalue weighted by Gasteiger charge is 2.20. The molecule has 2 aromatic carbocycles. The maximum Gasteiger partial charge on any atom is 0.293 e. The van der Waals surface area contributed by atoms with E-state index in [0.717, 1.165) is 5.69 Å². The molecule has 3 aromatic rings. The number of hydrogen-bond donors (Lipinski definition) is 2. The zero-order valence-electron chi connectivity index (χ0n) is 16.7. The highest BCUT2D eigenvalue weighted by atomic mass is 35.5. The van der Waals surface area contributed by atoms with E-state index in [0.29, 0.717) is 58.4 Å². The predicted octanol–water partition coefficient (Wildman–Crippen LogP) is 5.87. The quantitative estimate of drug-likeness (QED) is 0.428. The van der Waals surface area contributed by atoms with Gasteiger partial charge in [-0.25, -0.2) is 0 Å². The van der Waals surface area contributed by atoms with E-state index in [1.165, 1.54) is 0 Å². The average Bonchev–Trinajstić information content (AvgIpc) is 3.27. The molecule has 2 heterocycles. The first-order valence-electron chi connectivity index (χ1n) is 9.71. The Labute approximate surface area is 205 Å². The van der Waals surface area contributed by atoms with Crippen molar-refractivity contribution in [2.45, 2.75) is 0 Å². The molecule has 0 atom stereocenters. The smallest absolute Gasteiger partial charge is 0.293 e. The molecule has 1 amide bonds. The van der Waals surface area contributed by atoms with Crippen molar-refractivity contribution in [1.82, 2.24) is 5.32 Å². The number of rotatable bonds is 4. The molecule has 0 spiro atoms. The average molecular weight is 511 g/mol. The Kier molecular flexibility index (Phi) is 7.23. The summed E-state index contributed by atoms with van der Waals surface area (Å²) in [5, 5.41) is 7.24. The minimum Gasteiger partial charge on any atom is -0.451 e. The summed E-state index contributed by atoms with van der Waals surface area (Å²) in [7, 11) is 0. The number of benzene rings is 2. The third kappa shape index (κ3) is 5.19. The summed E-state index contributed by atoms with van der Waals surface area (Å²) >= 11 is 23.8. The van der Waals surface area contributed by atoms with E-state index < -0.39 is 5.91 Å². The first kappa shape index (κ1) is 22.9. The van der Waals surface area contributed by atoms with Crippen LogP contribution in [-0.2, 0) is 4.74 Å². The molecule has 0 unspecified atom stereocenters. The molecule has 0 saturated carbocycles. The van der Waals surface area contributed by atoms with Crippen LogP contribution in [0.25, 0.3) is 11.3 Å². The lowest BCUT2D eigenvalue weighted by molar-refractivity contribution is 0.0951. The number of amides is 1. The van der Waals surface area contributed by atoms with E-state index in [2.05, 4.69) is 15.5 Å². The lowest BCUT2D eigenvalue weighted by Crippen LogP contribution is -2.38. The molecule has 166 valence electrons. The normalized spacial score (nSPS) is 13.7. The van der Waals surface area contributed by atoms with Gasteiger partial charge >= 0.3 is 0 Å². The second-order valence-electron chi connectivity index (χ2n) is 6.94. The third-order valence-electron chi connectivity index (χ3n) is 4.82. The van der Waals surface area contributed by atoms with Crippen LogP contribution in [-0.4, -0.2) is 37.3 Å². The van der Waals surface area contributed by atoms with Crippen LogP contribution in [0.5, 0.6) is 0 Å². The van der Waals surface area contributed by atoms with E-state index in [1.807, 2.05) is 18.2 Å². The lowest BCUT2D eigenvalue weighted by Gasteiger charge is -2.31. The molecule has 6 nitrogen and oxygen atoms in total. The van der Waals surface area contributed by atoms with Gasteiger partial charge in [0.1, 0.15) is 5.76 Å². The van der Waals surface area contributed by atoms with Gasteiger partial charge in [0, 0.05) is 18.7 Å². The summed E-state index contributed by atoms with van der Waals surface area (Å²) in [5.74, 6) is 0.107.